The van der Waals surface area contributed by atoms with Gasteiger partial charge in [0.25, 0.3) is 0 Å². The Balaban J connectivity index is 2.52. The summed E-state index contributed by atoms with van der Waals surface area (Å²) >= 11 is 5.38. The first-order chi connectivity index (χ1) is 6.77. The Labute approximate surface area is 95.4 Å². The molecule has 3 heteroatoms. The van der Waals surface area contributed by atoms with Gasteiger partial charge in [-0.2, -0.15) is 0 Å². The molecule has 0 saturated heterocycles. The summed E-state index contributed by atoms with van der Waals surface area (Å²) < 4.78 is 3.39. The third kappa shape index (κ3) is 1.03. The standard InChI is InChI=1S/C11H8BrNS/c1-13-9-6-5-8(12)7-3-2-4-10(14-13)11(7)9/h2-6H,1H3. The van der Waals surface area contributed by atoms with Crippen LogP contribution < -0.4 is 4.31 Å². The summed E-state index contributed by atoms with van der Waals surface area (Å²) in [4.78, 5) is 1.35. The van der Waals surface area contributed by atoms with Gasteiger partial charge in [-0.15, -0.1) is 0 Å². The van der Waals surface area contributed by atoms with Gasteiger partial charge in [-0.05, 0) is 35.5 Å². The van der Waals surface area contributed by atoms with Crippen LogP contribution in [0.1, 0.15) is 0 Å². The number of hydrogen-bond donors (Lipinski definition) is 0. The molecule has 2 aromatic rings. The van der Waals surface area contributed by atoms with Crippen molar-refractivity contribution in [3.63, 3.8) is 0 Å². The smallest absolute Gasteiger partial charge is 0.0561 e. The summed E-state index contributed by atoms with van der Waals surface area (Å²) in [6, 6.07) is 10.7. The van der Waals surface area contributed by atoms with Gasteiger partial charge in [-0.3, -0.25) is 0 Å². The van der Waals surface area contributed by atoms with Gasteiger partial charge in [0.1, 0.15) is 0 Å². The minimum absolute atomic E-state index is 1.18. The zero-order chi connectivity index (χ0) is 9.71. The van der Waals surface area contributed by atoms with E-state index in [1.807, 2.05) is 0 Å². The second-order valence-electron chi connectivity index (χ2n) is 3.33. The summed E-state index contributed by atoms with van der Waals surface area (Å²) in [5.74, 6) is 0. The lowest BCUT2D eigenvalue weighted by Gasteiger charge is -2.09. The monoisotopic (exact) mass is 265 g/mol. The molecule has 1 nitrogen and oxygen atoms in total. The first kappa shape index (κ1) is 8.62. The lowest BCUT2D eigenvalue weighted by atomic mass is 10.1. The highest BCUT2D eigenvalue weighted by atomic mass is 79.9. The minimum atomic E-state index is 1.18. The van der Waals surface area contributed by atoms with Gasteiger partial charge in [0.15, 0.2) is 0 Å². The Morgan fingerprint density at radius 1 is 1.21 bits per heavy atom. The molecule has 0 aromatic heterocycles. The maximum atomic E-state index is 3.59. The van der Waals surface area contributed by atoms with Gasteiger partial charge in [0.05, 0.1) is 5.69 Å². The molecule has 3 rings (SSSR count). The van der Waals surface area contributed by atoms with Crippen molar-refractivity contribution in [1.29, 1.82) is 0 Å². The van der Waals surface area contributed by atoms with Gasteiger partial charge in [-0.25, -0.2) is 0 Å². The van der Waals surface area contributed by atoms with Crippen molar-refractivity contribution in [2.75, 3.05) is 11.4 Å². The van der Waals surface area contributed by atoms with Gasteiger partial charge >= 0.3 is 0 Å². The minimum Gasteiger partial charge on any atom is -0.315 e. The predicted molar refractivity (Wildman–Crippen MR) is 65.9 cm³/mol. The normalized spacial score (nSPS) is 14.0. The second kappa shape index (κ2) is 2.91. The van der Waals surface area contributed by atoms with Crippen LogP contribution in [-0.2, 0) is 0 Å². The molecule has 0 amide bonds. The van der Waals surface area contributed by atoms with Crippen molar-refractivity contribution in [2.24, 2.45) is 0 Å². The highest BCUT2D eigenvalue weighted by molar-refractivity contribution is 9.10. The maximum absolute atomic E-state index is 3.59. The molecule has 0 aliphatic carbocycles. The summed E-state index contributed by atoms with van der Waals surface area (Å²) in [5.41, 5.74) is 1.31. The van der Waals surface area contributed by atoms with Crippen LogP contribution in [0.5, 0.6) is 0 Å². The number of anilines is 1. The van der Waals surface area contributed by atoms with E-state index in [1.165, 1.54) is 25.8 Å². The first-order valence-electron chi connectivity index (χ1n) is 4.40. The highest BCUT2D eigenvalue weighted by Gasteiger charge is 2.19. The fourth-order valence-electron chi connectivity index (χ4n) is 1.85. The average molecular weight is 266 g/mol. The zero-order valence-corrected chi connectivity index (χ0v) is 10.0. The van der Waals surface area contributed by atoms with E-state index in [9.17, 15) is 0 Å². The number of benzene rings is 2. The lowest BCUT2D eigenvalue weighted by Crippen LogP contribution is -2.00. The molecular formula is C11H8BrNS. The highest BCUT2D eigenvalue weighted by Crippen LogP contribution is 2.46. The fourth-order valence-corrected chi connectivity index (χ4v) is 3.31. The summed E-state index contributed by atoms with van der Waals surface area (Å²) in [6.07, 6.45) is 0. The van der Waals surface area contributed by atoms with E-state index in [-0.39, 0.29) is 0 Å². The van der Waals surface area contributed by atoms with Crippen LogP contribution in [0.15, 0.2) is 39.7 Å². The van der Waals surface area contributed by atoms with E-state index in [0.29, 0.717) is 0 Å². The van der Waals surface area contributed by atoms with Crippen LogP contribution in [-0.4, -0.2) is 7.05 Å². The van der Waals surface area contributed by atoms with Crippen molar-refractivity contribution in [3.8, 4) is 0 Å². The molecule has 0 spiro atoms. The van der Waals surface area contributed by atoms with Crippen LogP contribution in [0.4, 0.5) is 5.69 Å². The Morgan fingerprint density at radius 3 is 2.93 bits per heavy atom. The van der Waals surface area contributed by atoms with E-state index in [4.69, 9.17) is 0 Å². The lowest BCUT2D eigenvalue weighted by molar-refractivity contribution is 1.40. The molecule has 0 radical (unpaired) electrons. The molecule has 0 fully saturated rings. The molecule has 0 unspecified atom stereocenters. The van der Waals surface area contributed by atoms with Gasteiger partial charge in [-0.1, -0.05) is 28.1 Å². The van der Waals surface area contributed by atoms with E-state index < -0.39 is 0 Å². The number of halogens is 1. The molecule has 14 heavy (non-hydrogen) atoms. The zero-order valence-electron chi connectivity index (χ0n) is 7.62. The summed E-state index contributed by atoms with van der Waals surface area (Å²) in [5, 5.41) is 2.67. The third-order valence-electron chi connectivity index (χ3n) is 2.50. The Kier molecular flexibility index (Phi) is 1.79. The van der Waals surface area contributed by atoms with Crippen molar-refractivity contribution in [2.45, 2.75) is 4.90 Å². The van der Waals surface area contributed by atoms with Crippen LogP contribution in [0, 0.1) is 0 Å². The molecule has 70 valence electrons. The quantitative estimate of drug-likeness (QED) is 0.661. The van der Waals surface area contributed by atoms with Crippen molar-refractivity contribution < 1.29 is 0 Å². The van der Waals surface area contributed by atoms with Crippen LogP contribution in [0.3, 0.4) is 0 Å². The summed E-state index contributed by atoms with van der Waals surface area (Å²) in [6.45, 7) is 0. The topological polar surface area (TPSA) is 3.24 Å². The second-order valence-corrected chi connectivity index (χ2v) is 5.36. The van der Waals surface area contributed by atoms with Crippen molar-refractivity contribution in [3.05, 3.63) is 34.8 Å². The van der Waals surface area contributed by atoms with Crippen LogP contribution >= 0.6 is 27.9 Å². The largest absolute Gasteiger partial charge is 0.315 e. The predicted octanol–water partition coefficient (Wildman–Crippen LogP) is 4.06. The first-order valence-corrected chi connectivity index (χ1v) is 5.97. The van der Waals surface area contributed by atoms with Gasteiger partial charge in [0.2, 0.25) is 0 Å². The maximum Gasteiger partial charge on any atom is 0.0561 e. The van der Waals surface area contributed by atoms with E-state index in [1.54, 1.807) is 11.9 Å². The third-order valence-corrected chi connectivity index (χ3v) is 4.20. The summed E-state index contributed by atoms with van der Waals surface area (Å²) in [7, 11) is 2.10. The van der Waals surface area contributed by atoms with E-state index in [0.717, 1.165) is 0 Å². The molecule has 1 aliphatic rings. The Morgan fingerprint density at radius 2 is 2.07 bits per heavy atom. The van der Waals surface area contributed by atoms with Crippen LogP contribution in [0.25, 0.3) is 10.8 Å². The number of hydrogen-bond acceptors (Lipinski definition) is 2. The van der Waals surface area contributed by atoms with E-state index >= 15 is 0 Å². The average Bonchev–Trinajstić information content (AvgIpc) is 2.50. The van der Waals surface area contributed by atoms with Crippen molar-refractivity contribution >= 4 is 44.3 Å². The molecule has 0 bridgehead atoms. The van der Waals surface area contributed by atoms with Crippen LogP contribution in [0.2, 0.25) is 0 Å². The van der Waals surface area contributed by atoms with Crippen molar-refractivity contribution in [1.82, 2.24) is 0 Å². The molecule has 0 atom stereocenters. The molecule has 1 aliphatic heterocycles. The SMILES string of the molecule is CN1Sc2cccc3c(Br)ccc1c23. The molecule has 1 heterocycles. The van der Waals surface area contributed by atoms with Gasteiger partial charge < -0.3 is 4.31 Å². The molecular weight excluding hydrogens is 258 g/mol. The Hall–Kier alpha value is -0.670. The molecule has 0 saturated carbocycles. The number of nitrogens with zero attached hydrogens (tertiary/aromatic N) is 1. The fraction of sp³-hybridized carbons (Fsp3) is 0.0909. The number of rotatable bonds is 0. The van der Waals surface area contributed by atoms with Gasteiger partial charge in [0, 0.05) is 21.8 Å². The Bertz CT molecular complexity index is 524. The molecule has 0 N–H and O–H groups in total. The molecule has 2 aromatic carbocycles. The van der Waals surface area contributed by atoms with E-state index in [2.05, 4.69) is 57.6 Å².